The van der Waals surface area contributed by atoms with Gasteiger partial charge in [0.2, 0.25) is 10.0 Å². The number of sulfonamides is 1. The van der Waals surface area contributed by atoms with Crippen LogP contribution in [0.3, 0.4) is 0 Å². The zero-order valence-electron chi connectivity index (χ0n) is 20.5. The Labute approximate surface area is 225 Å². The van der Waals surface area contributed by atoms with Gasteiger partial charge in [-0.05, 0) is 55.3 Å². The SMILES string of the molecule is O=S(=O)(c1cccc(-c2cc(-c3nc(-c4ccc(C(F)(F)F)cc4)cc(C(F)(F)F)n3)ccn2)c1)N1CCCC1. The molecule has 1 aliphatic rings. The van der Waals surface area contributed by atoms with Crippen molar-refractivity contribution in [1.29, 1.82) is 0 Å². The van der Waals surface area contributed by atoms with E-state index < -0.39 is 33.6 Å². The molecule has 0 bridgehead atoms. The first kappa shape index (κ1) is 27.7. The molecule has 0 amide bonds. The van der Waals surface area contributed by atoms with Gasteiger partial charge in [0.25, 0.3) is 0 Å². The second kappa shape index (κ2) is 10.3. The van der Waals surface area contributed by atoms with Crippen LogP contribution in [0.4, 0.5) is 26.3 Å². The lowest BCUT2D eigenvalue weighted by atomic mass is 10.1. The van der Waals surface area contributed by atoms with Gasteiger partial charge in [-0.3, -0.25) is 4.98 Å². The molecule has 1 saturated heterocycles. The Morgan fingerprint density at radius 3 is 2.05 bits per heavy atom. The van der Waals surface area contributed by atoms with Crippen molar-refractivity contribution in [2.45, 2.75) is 30.1 Å². The molecular formula is C27H20F6N4O2S. The highest BCUT2D eigenvalue weighted by Crippen LogP contribution is 2.35. The molecular weight excluding hydrogens is 558 g/mol. The number of aromatic nitrogens is 3. The third kappa shape index (κ3) is 5.70. The molecule has 6 nitrogen and oxygen atoms in total. The minimum atomic E-state index is -4.85. The van der Waals surface area contributed by atoms with Crippen LogP contribution in [-0.4, -0.2) is 40.8 Å². The predicted octanol–water partition coefficient (Wildman–Crippen LogP) is 6.69. The third-order valence-electron chi connectivity index (χ3n) is 6.38. The fraction of sp³-hybridized carbons (Fsp3) is 0.222. The van der Waals surface area contributed by atoms with Crippen LogP contribution < -0.4 is 0 Å². The summed E-state index contributed by atoms with van der Waals surface area (Å²) < 4.78 is 107. The average Bonchev–Trinajstić information content (AvgIpc) is 3.48. The second-order valence-electron chi connectivity index (χ2n) is 9.10. The van der Waals surface area contributed by atoms with Crippen LogP contribution in [0.25, 0.3) is 33.9 Å². The summed E-state index contributed by atoms with van der Waals surface area (Å²) in [6.45, 7) is 0.850. The molecule has 5 rings (SSSR count). The second-order valence-corrected chi connectivity index (χ2v) is 11.0. The number of pyridine rings is 1. The topological polar surface area (TPSA) is 76.0 Å². The number of halogens is 6. The molecule has 0 spiro atoms. The van der Waals surface area contributed by atoms with E-state index >= 15 is 0 Å². The van der Waals surface area contributed by atoms with Crippen molar-refractivity contribution in [2.24, 2.45) is 0 Å². The Morgan fingerprint density at radius 2 is 1.40 bits per heavy atom. The van der Waals surface area contributed by atoms with Crippen LogP contribution in [0.2, 0.25) is 0 Å². The zero-order chi connectivity index (χ0) is 28.7. The lowest BCUT2D eigenvalue weighted by Gasteiger charge is -2.16. The first-order valence-electron chi connectivity index (χ1n) is 12.0. The van der Waals surface area contributed by atoms with E-state index in [1.807, 2.05) is 0 Å². The highest BCUT2D eigenvalue weighted by atomic mass is 32.2. The van der Waals surface area contributed by atoms with Crippen LogP contribution in [0, 0.1) is 0 Å². The number of hydrogen-bond donors (Lipinski definition) is 0. The van der Waals surface area contributed by atoms with Crippen molar-refractivity contribution in [3.05, 3.63) is 84.2 Å². The van der Waals surface area contributed by atoms with Crippen molar-refractivity contribution < 1.29 is 34.8 Å². The molecule has 0 unspecified atom stereocenters. The summed E-state index contributed by atoms with van der Waals surface area (Å²) in [7, 11) is -3.72. The number of benzene rings is 2. The Balaban J connectivity index is 1.55. The first-order chi connectivity index (χ1) is 18.8. The van der Waals surface area contributed by atoms with Crippen LogP contribution in [-0.2, 0) is 22.4 Å². The standard InChI is InChI=1S/C27H20F6N4O2S/c28-26(29,30)20-8-6-17(7-9-20)23-16-24(27(31,32)33)36-25(35-23)19-10-11-34-22(15-19)18-4-3-5-21(14-18)40(38,39)37-12-1-2-13-37/h3-11,14-16H,1-2,12-13H2. The molecule has 0 aliphatic carbocycles. The Kier molecular flexibility index (Phi) is 7.13. The first-order valence-corrected chi connectivity index (χ1v) is 13.5. The van der Waals surface area contributed by atoms with Crippen LogP contribution in [0.5, 0.6) is 0 Å². The van der Waals surface area contributed by atoms with Gasteiger partial charge in [-0.15, -0.1) is 0 Å². The zero-order valence-corrected chi connectivity index (χ0v) is 21.4. The van der Waals surface area contributed by atoms with E-state index in [1.54, 1.807) is 12.1 Å². The summed E-state index contributed by atoms with van der Waals surface area (Å²) in [6.07, 6.45) is -6.59. The minimum absolute atomic E-state index is 0.0382. The van der Waals surface area contributed by atoms with E-state index in [-0.39, 0.29) is 33.2 Å². The summed E-state index contributed by atoms with van der Waals surface area (Å²) in [5.74, 6) is -0.325. The molecule has 0 saturated carbocycles. The molecule has 0 radical (unpaired) electrons. The Morgan fingerprint density at radius 1 is 0.700 bits per heavy atom. The maximum absolute atomic E-state index is 13.7. The van der Waals surface area contributed by atoms with Crippen molar-refractivity contribution in [3.8, 4) is 33.9 Å². The number of nitrogens with zero attached hydrogens (tertiary/aromatic N) is 4. The molecule has 13 heteroatoms. The highest BCUT2D eigenvalue weighted by molar-refractivity contribution is 7.89. The van der Waals surface area contributed by atoms with Gasteiger partial charge in [0.1, 0.15) is 5.69 Å². The van der Waals surface area contributed by atoms with Gasteiger partial charge >= 0.3 is 12.4 Å². The maximum Gasteiger partial charge on any atom is 0.433 e. The van der Waals surface area contributed by atoms with Crippen molar-refractivity contribution in [1.82, 2.24) is 19.3 Å². The molecule has 0 atom stereocenters. The number of hydrogen-bond acceptors (Lipinski definition) is 5. The fourth-order valence-electron chi connectivity index (χ4n) is 4.32. The molecule has 1 fully saturated rings. The van der Waals surface area contributed by atoms with Gasteiger partial charge in [0, 0.05) is 36.0 Å². The van der Waals surface area contributed by atoms with E-state index in [4.69, 9.17) is 0 Å². The molecule has 1 aliphatic heterocycles. The number of alkyl halides is 6. The summed E-state index contributed by atoms with van der Waals surface area (Å²) in [5.41, 5.74) is -1.57. The summed E-state index contributed by atoms with van der Waals surface area (Å²) in [5, 5.41) is 0. The summed E-state index contributed by atoms with van der Waals surface area (Å²) in [6, 6.07) is 13.2. The maximum atomic E-state index is 13.7. The van der Waals surface area contributed by atoms with Crippen molar-refractivity contribution in [2.75, 3.05) is 13.1 Å². The third-order valence-corrected chi connectivity index (χ3v) is 8.27. The van der Waals surface area contributed by atoms with Gasteiger partial charge in [0.15, 0.2) is 5.82 Å². The van der Waals surface area contributed by atoms with E-state index in [1.165, 1.54) is 34.8 Å². The van der Waals surface area contributed by atoms with Crippen molar-refractivity contribution in [3.63, 3.8) is 0 Å². The van der Waals surface area contributed by atoms with Gasteiger partial charge in [-0.1, -0.05) is 24.3 Å². The van der Waals surface area contributed by atoms with Gasteiger partial charge < -0.3 is 0 Å². The van der Waals surface area contributed by atoms with Crippen molar-refractivity contribution >= 4 is 10.0 Å². The fourth-order valence-corrected chi connectivity index (χ4v) is 5.88. The Bertz CT molecular complexity index is 1650. The van der Waals surface area contributed by atoms with E-state index in [9.17, 15) is 34.8 Å². The molecule has 3 heterocycles. The monoisotopic (exact) mass is 578 g/mol. The van der Waals surface area contributed by atoms with Crippen LogP contribution >= 0.6 is 0 Å². The highest BCUT2D eigenvalue weighted by Gasteiger charge is 2.34. The normalized spacial score (nSPS) is 14.9. The van der Waals surface area contributed by atoms with Gasteiger partial charge in [-0.2, -0.15) is 30.6 Å². The molecule has 4 aromatic rings. The molecule has 208 valence electrons. The molecule has 0 N–H and O–H groups in total. The minimum Gasteiger partial charge on any atom is -0.256 e. The largest absolute Gasteiger partial charge is 0.433 e. The molecule has 40 heavy (non-hydrogen) atoms. The van der Waals surface area contributed by atoms with Gasteiger partial charge in [-0.25, -0.2) is 18.4 Å². The smallest absolute Gasteiger partial charge is 0.256 e. The molecule has 2 aromatic heterocycles. The van der Waals surface area contributed by atoms with E-state index in [2.05, 4.69) is 15.0 Å². The summed E-state index contributed by atoms with van der Waals surface area (Å²) in [4.78, 5) is 12.2. The predicted molar refractivity (Wildman–Crippen MR) is 134 cm³/mol. The molecule has 2 aromatic carbocycles. The van der Waals surface area contributed by atoms with Gasteiger partial charge in [0.05, 0.1) is 21.8 Å². The lowest BCUT2D eigenvalue weighted by Crippen LogP contribution is -2.27. The van der Waals surface area contributed by atoms with Crippen LogP contribution in [0.15, 0.2) is 77.8 Å². The van der Waals surface area contributed by atoms with E-state index in [0.29, 0.717) is 24.7 Å². The van der Waals surface area contributed by atoms with Crippen LogP contribution in [0.1, 0.15) is 24.1 Å². The lowest BCUT2D eigenvalue weighted by molar-refractivity contribution is -0.141. The quantitative estimate of drug-likeness (QED) is 0.247. The Hall–Kier alpha value is -3.84. The van der Waals surface area contributed by atoms with E-state index in [0.717, 1.165) is 37.1 Å². The average molecular weight is 579 g/mol. The number of rotatable bonds is 5. The summed E-state index contributed by atoms with van der Waals surface area (Å²) >= 11 is 0.